The third-order valence-electron chi connectivity index (χ3n) is 4.05. The van der Waals surface area contributed by atoms with Crippen molar-refractivity contribution in [2.24, 2.45) is 0 Å². The molecule has 1 aromatic carbocycles. The molecule has 5 aromatic rings. The summed E-state index contributed by atoms with van der Waals surface area (Å²) in [6.07, 6.45) is 5.54. The highest BCUT2D eigenvalue weighted by Gasteiger charge is 2.14. The average molecular weight is 313 g/mol. The maximum atomic E-state index is 4.69. The van der Waals surface area contributed by atoms with Crippen LogP contribution in [0.4, 0.5) is 0 Å². The van der Waals surface area contributed by atoms with Crippen LogP contribution in [0.3, 0.4) is 0 Å². The van der Waals surface area contributed by atoms with Crippen molar-refractivity contribution in [1.82, 2.24) is 15.0 Å². The summed E-state index contributed by atoms with van der Waals surface area (Å²) < 4.78 is 1.21. The summed E-state index contributed by atoms with van der Waals surface area (Å²) in [5.74, 6) is 0. The Bertz CT molecular complexity index is 1170. The van der Waals surface area contributed by atoms with Gasteiger partial charge in [-0.05, 0) is 24.3 Å². The van der Waals surface area contributed by atoms with Crippen LogP contribution in [-0.4, -0.2) is 15.0 Å². The molecule has 4 heterocycles. The topological polar surface area (TPSA) is 38.7 Å². The van der Waals surface area contributed by atoms with Crippen molar-refractivity contribution < 1.29 is 0 Å². The maximum Gasteiger partial charge on any atom is 0.124 e. The van der Waals surface area contributed by atoms with Crippen LogP contribution in [0.2, 0.25) is 0 Å². The smallest absolute Gasteiger partial charge is 0.124 e. The monoisotopic (exact) mass is 313 g/mol. The van der Waals surface area contributed by atoms with E-state index in [2.05, 4.69) is 51.4 Å². The number of para-hydroxylation sites is 1. The van der Waals surface area contributed by atoms with Crippen LogP contribution < -0.4 is 0 Å². The van der Waals surface area contributed by atoms with Gasteiger partial charge in [-0.3, -0.25) is 9.97 Å². The summed E-state index contributed by atoms with van der Waals surface area (Å²) in [6, 6.07) is 16.4. The molecule has 0 aliphatic rings. The third kappa shape index (κ3) is 1.85. The Morgan fingerprint density at radius 1 is 0.739 bits per heavy atom. The van der Waals surface area contributed by atoms with Crippen molar-refractivity contribution in [2.75, 3.05) is 0 Å². The molecule has 5 rings (SSSR count). The molecule has 0 saturated heterocycles. The SMILES string of the molecule is c1cnc2c(-c3nccc4sc5ncccc5c34)cccc2c1. The first-order valence-electron chi connectivity index (χ1n) is 7.38. The Hall–Kier alpha value is -2.85. The second-order valence-corrected chi connectivity index (χ2v) is 6.40. The van der Waals surface area contributed by atoms with Crippen LogP contribution in [0.25, 0.3) is 42.5 Å². The number of fused-ring (bicyclic) bond motifs is 4. The number of hydrogen-bond acceptors (Lipinski definition) is 4. The molecule has 0 spiro atoms. The van der Waals surface area contributed by atoms with Crippen LogP contribution in [0.5, 0.6) is 0 Å². The second kappa shape index (κ2) is 4.83. The Morgan fingerprint density at radius 2 is 1.61 bits per heavy atom. The lowest BCUT2D eigenvalue weighted by atomic mass is 10.0. The predicted octanol–water partition coefficient (Wildman–Crippen LogP) is 5.06. The highest BCUT2D eigenvalue weighted by atomic mass is 32.1. The van der Waals surface area contributed by atoms with Crippen molar-refractivity contribution in [1.29, 1.82) is 0 Å². The first kappa shape index (κ1) is 12.7. The highest BCUT2D eigenvalue weighted by Crippen LogP contribution is 2.39. The van der Waals surface area contributed by atoms with E-state index in [-0.39, 0.29) is 0 Å². The van der Waals surface area contributed by atoms with Crippen molar-refractivity contribution >= 4 is 42.5 Å². The molecular weight excluding hydrogens is 302 g/mol. The molecule has 0 amide bonds. The molecule has 0 saturated carbocycles. The number of pyridine rings is 3. The molecular formula is C19H11N3S. The summed E-state index contributed by atoms with van der Waals surface area (Å²) in [4.78, 5) is 14.8. The molecule has 23 heavy (non-hydrogen) atoms. The quantitative estimate of drug-likeness (QED) is 0.434. The van der Waals surface area contributed by atoms with Crippen LogP contribution in [0.15, 0.2) is 67.1 Å². The van der Waals surface area contributed by atoms with E-state index in [1.54, 1.807) is 11.3 Å². The number of aromatic nitrogens is 3. The number of thiophene rings is 1. The fourth-order valence-electron chi connectivity index (χ4n) is 3.06. The van der Waals surface area contributed by atoms with Gasteiger partial charge in [-0.1, -0.05) is 24.3 Å². The minimum atomic E-state index is 0.978. The number of hydrogen-bond donors (Lipinski definition) is 0. The van der Waals surface area contributed by atoms with E-state index in [1.165, 1.54) is 10.1 Å². The summed E-state index contributed by atoms with van der Waals surface area (Å²) in [5, 5.41) is 3.45. The summed E-state index contributed by atoms with van der Waals surface area (Å²) in [5.41, 5.74) is 3.03. The number of nitrogens with zero attached hydrogens (tertiary/aromatic N) is 3. The molecule has 0 aliphatic heterocycles. The standard InChI is InChI=1S/C19H11N3S/c1-4-12-5-2-9-20-17(12)14(6-1)18-16-13-7-3-10-22-19(13)23-15(16)8-11-21-18/h1-11H. The summed E-state index contributed by atoms with van der Waals surface area (Å²) in [6.45, 7) is 0. The minimum absolute atomic E-state index is 0.978. The van der Waals surface area contributed by atoms with E-state index in [0.29, 0.717) is 0 Å². The normalized spacial score (nSPS) is 11.5. The van der Waals surface area contributed by atoms with Crippen LogP contribution in [-0.2, 0) is 0 Å². The average Bonchev–Trinajstić information content (AvgIpc) is 3.00. The Kier molecular flexibility index (Phi) is 2.66. The fraction of sp³-hybridized carbons (Fsp3) is 0. The number of benzene rings is 1. The molecule has 0 fully saturated rings. The second-order valence-electron chi connectivity index (χ2n) is 5.37. The van der Waals surface area contributed by atoms with Crippen molar-refractivity contribution in [3.05, 3.63) is 67.1 Å². The molecule has 0 unspecified atom stereocenters. The van der Waals surface area contributed by atoms with Gasteiger partial charge in [-0.2, -0.15) is 0 Å². The van der Waals surface area contributed by atoms with Gasteiger partial charge in [0, 0.05) is 45.0 Å². The Morgan fingerprint density at radius 3 is 2.61 bits per heavy atom. The van der Waals surface area contributed by atoms with Crippen molar-refractivity contribution in [3.8, 4) is 11.3 Å². The molecule has 0 bridgehead atoms. The van der Waals surface area contributed by atoms with E-state index >= 15 is 0 Å². The fourth-order valence-corrected chi connectivity index (χ4v) is 4.10. The van der Waals surface area contributed by atoms with E-state index in [0.717, 1.165) is 32.4 Å². The van der Waals surface area contributed by atoms with Crippen molar-refractivity contribution in [2.45, 2.75) is 0 Å². The van der Waals surface area contributed by atoms with Gasteiger partial charge in [-0.25, -0.2) is 4.98 Å². The van der Waals surface area contributed by atoms with Gasteiger partial charge in [0.2, 0.25) is 0 Å². The molecule has 4 heteroatoms. The predicted molar refractivity (Wildman–Crippen MR) is 95.7 cm³/mol. The van der Waals surface area contributed by atoms with Gasteiger partial charge in [0.05, 0.1) is 11.2 Å². The van der Waals surface area contributed by atoms with E-state index in [1.807, 2.05) is 30.7 Å². The third-order valence-corrected chi connectivity index (χ3v) is 5.13. The first-order valence-corrected chi connectivity index (χ1v) is 8.20. The zero-order valence-electron chi connectivity index (χ0n) is 12.1. The van der Waals surface area contributed by atoms with Gasteiger partial charge in [0.25, 0.3) is 0 Å². The van der Waals surface area contributed by atoms with E-state index < -0.39 is 0 Å². The largest absolute Gasteiger partial charge is 0.256 e. The van der Waals surface area contributed by atoms with Gasteiger partial charge >= 0.3 is 0 Å². The van der Waals surface area contributed by atoms with Gasteiger partial charge < -0.3 is 0 Å². The Balaban J connectivity index is 1.96. The first-order chi connectivity index (χ1) is 11.4. The van der Waals surface area contributed by atoms with E-state index in [9.17, 15) is 0 Å². The minimum Gasteiger partial charge on any atom is -0.256 e. The molecule has 108 valence electrons. The lowest BCUT2D eigenvalue weighted by molar-refractivity contribution is 1.35. The lowest BCUT2D eigenvalue weighted by Crippen LogP contribution is -1.88. The zero-order valence-corrected chi connectivity index (χ0v) is 12.9. The van der Waals surface area contributed by atoms with Crippen LogP contribution in [0.1, 0.15) is 0 Å². The molecule has 0 atom stereocenters. The summed E-state index contributed by atoms with van der Waals surface area (Å²) in [7, 11) is 0. The van der Waals surface area contributed by atoms with Crippen LogP contribution >= 0.6 is 11.3 Å². The molecule has 4 aromatic heterocycles. The molecule has 3 nitrogen and oxygen atoms in total. The summed E-state index contributed by atoms with van der Waals surface area (Å²) >= 11 is 1.70. The lowest BCUT2D eigenvalue weighted by Gasteiger charge is -2.06. The molecule has 0 radical (unpaired) electrons. The number of rotatable bonds is 1. The van der Waals surface area contributed by atoms with Gasteiger partial charge in [0.1, 0.15) is 4.83 Å². The maximum absolute atomic E-state index is 4.69. The van der Waals surface area contributed by atoms with Crippen LogP contribution in [0, 0.1) is 0 Å². The Labute approximate surface area is 136 Å². The molecule has 0 N–H and O–H groups in total. The highest BCUT2D eigenvalue weighted by molar-refractivity contribution is 7.25. The molecule has 0 aliphatic carbocycles. The van der Waals surface area contributed by atoms with Crippen molar-refractivity contribution in [3.63, 3.8) is 0 Å². The van der Waals surface area contributed by atoms with Gasteiger partial charge in [-0.15, -0.1) is 11.3 Å². The van der Waals surface area contributed by atoms with Gasteiger partial charge in [0.15, 0.2) is 0 Å². The zero-order chi connectivity index (χ0) is 15.2. The van der Waals surface area contributed by atoms with E-state index in [4.69, 9.17) is 0 Å².